The van der Waals surface area contributed by atoms with E-state index in [1.807, 2.05) is 0 Å². The van der Waals surface area contributed by atoms with Gasteiger partial charge in [0.25, 0.3) is 11.6 Å². The highest BCUT2D eigenvalue weighted by molar-refractivity contribution is 6.33. The second-order valence-electron chi connectivity index (χ2n) is 6.85. The zero-order valence-electron chi connectivity index (χ0n) is 15.0. The molecule has 0 saturated heterocycles. The average molecular weight is 383 g/mol. The summed E-state index contributed by atoms with van der Waals surface area (Å²) in [5.41, 5.74) is -0.413. The van der Waals surface area contributed by atoms with Crippen molar-refractivity contribution in [3.05, 3.63) is 38.9 Å². The maximum atomic E-state index is 12.4. The van der Waals surface area contributed by atoms with Crippen LogP contribution < -0.4 is 5.32 Å². The quantitative estimate of drug-likeness (QED) is 0.475. The number of benzene rings is 1. The Morgan fingerprint density at radius 3 is 2.69 bits per heavy atom. The molecule has 0 radical (unpaired) electrons. The van der Waals surface area contributed by atoms with Crippen LogP contribution in [-0.4, -0.2) is 28.9 Å². The number of carbonyl (C=O) groups is 2. The molecule has 1 N–H and O–H groups in total. The maximum absolute atomic E-state index is 12.4. The lowest BCUT2D eigenvalue weighted by molar-refractivity contribution is -0.384. The van der Waals surface area contributed by atoms with Gasteiger partial charge in [0, 0.05) is 18.2 Å². The number of nitrogens with zero attached hydrogens (tertiary/aromatic N) is 1. The molecule has 2 rings (SSSR count). The Bertz CT molecular complexity index is 709. The average Bonchev–Trinajstić information content (AvgIpc) is 2.58. The van der Waals surface area contributed by atoms with Gasteiger partial charge < -0.3 is 10.1 Å². The van der Waals surface area contributed by atoms with Crippen LogP contribution in [0.3, 0.4) is 0 Å². The Morgan fingerprint density at radius 1 is 1.35 bits per heavy atom. The number of esters is 1. The van der Waals surface area contributed by atoms with E-state index in [0.717, 1.165) is 25.3 Å². The number of amides is 1. The minimum absolute atomic E-state index is 0.0305. The zero-order valence-corrected chi connectivity index (χ0v) is 15.8. The van der Waals surface area contributed by atoms with Crippen molar-refractivity contribution >= 4 is 29.2 Å². The molecule has 0 aromatic heterocycles. The summed E-state index contributed by atoms with van der Waals surface area (Å²) in [6, 6.07) is 3.54. The minimum Gasteiger partial charge on any atom is -0.449 e. The third kappa shape index (κ3) is 4.72. The van der Waals surface area contributed by atoms with Crippen LogP contribution in [0, 0.1) is 22.0 Å². The first kappa shape index (κ1) is 20.2. The Morgan fingerprint density at radius 2 is 2.04 bits per heavy atom. The van der Waals surface area contributed by atoms with Crippen LogP contribution in [0.25, 0.3) is 0 Å². The van der Waals surface area contributed by atoms with Crippen LogP contribution in [0.4, 0.5) is 5.69 Å². The number of rotatable bonds is 5. The molecular formula is C18H23ClN2O5. The maximum Gasteiger partial charge on any atom is 0.340 e. The van der Waals surface area contributed by atoms with E-state index >= 15 is 0 Å². The zero-order chi connectivity index (χ0) is 19.4. The van der Waals surface area contributed by atoms with Crippen molar-refractivity contribution in [2.45, 2.75) is 52.2 Å². The molecule has 1 amide bonds. The third-order valence-corrected chi connectivity index (χ3v) is 5.40. The van der Waals surface area contributed by atoms with Gasteiger partial charge in [-0.25, -0.2) is 4.79 Å². The van der Waals surface area contributed by atoms with Crippen LogP contribution in [0.5, 0.6) is 0 Å². The number of carbonyl (C=O) groups excluding carboxylic acids is 2. The van der Waals surface area contributed by atoms with Gasteiger partial charge in [-0.3, -0.25) is 14.9 Å². The topological polar surface area (TPSA) is 98.5 Å². The van der Waals surface area contributed by atoms with Gasteiger partial charge in [-0.1, -0.05) is 38.3 Å². The normalized spacial score (nSPS) is 23.8. The lowest BCUT2D eigenvalue weighted by atomic mass is 9.78. The molecule has 4 atom stereocenters. The summed E-state index contributed by atoms with van der Waals surface area (Å²) in [5, 5.41) is 13.8. The van der Waals surface area contributed by atoms with Crippen LogP contribution in [-0.2, 0) is 9.53 Å². The number of ether oxygens (including phenoxy) is 1. The van der Waals surface area contributed by atoms with E-state index in [1.54, 1.807) is 0 Å². The standard InChI is InChI=1S/C18H23ClN2O5/c1-10-5-4-6-16(11(10)2)20-17(22)12(3)26-18(23)14-9-13(21(24)25)7-8-15(14)19/h7-12,16H,4-6H2,1-3H3,(H,20,22)/t10-,11+,12+,16-/m0/s1. The number of non-ortho nitro benzene ring substituents is 1. The van der Waals surface area contributed by atoms with Crippen LogP contribution in [0.1, 0.15) is 50.4 Å². The highest BCUT2D eigenvalue weighted by Gasteiger charge is 2.30. The first-order valence-corrected chi connectivity index (χ1v) is 9.03. The summed E-state index contributed by atoms with van der Waals surface area (Å²) in [7, 11) is 0. The molecule has 1 saturated carbocycles. The predicted octanol–water partition coefficient (Wildman–Crippen LogP) is 3.73. The molecule has 1 aromatic rings. The number of halogens is 1. The lowest BCUT2D eigenvalue weighted by Gasteiger charge is -2.35. The van der Waals surface area contributed by atoms with Gasteiger partial charge >= 0.3 is 5.97 Å². The second-order valence-corrected chi connectivity index (χ2v) is 7.26. The van der Waals surface area contributed by atoms with Crippen LogP contribution in [0.15, 0.2) is 18.2 Å². The minimum atomic E-state index is -1.03. The smallest absolute Gasteiger partial charge is 0.340 e. The summed E-state index contributed by atoms with van der Waals surface area (Å²) in [6.07, 6.45) is 2.06. The number of hydrogen-bond donors (Lipinski definition) is 1. The number of nitro benzene ring substituents is 1. The monoisotopic (exact) mass is 382 g/mol. The molecular weight excluding hydrogens is 360 g/mol. The van der Waals surface area contributed by atoms with E-state index in [1.165, 1.54) is 19.1 Å². The second kappa shape index (κ2) is 8.49. The van der Waals surface area contributed by atoms with Crippen molar-refractivity contribution in [1.82, 2.24) is 5.32 Å². The number of hydrogen-bond acceptors (Lipinski definition) is 5. The molecule has 1 aliphatic carbocycles. The van der Waals surface area contributed by atoms with Crippen LogP contribution >= 0.6 is 11.6 Å². The van der Waals surface area contributed by atoms with E-state index in [4.69, 9.17) is 16.3 Å². The molecule has 0 bridgehead atoms. The van der Waals surface area contributed by atoms with Gasteiger partial charge in [-0.15, -0.1) is 0 Å². The van der Waals surface area contributed by atoms with Gasteiger partial charge in [0.1, 0.15) is 0 Å². The number of nitro groups is 1. The molecule has 0 heterocycles. The van der Waals surface area contributed by atoms with Gasteiger partial charge in [0.2, 0.25) is 0 Å². The van der Waals surface area contributed by atoms with E-state index in [2.05, 4.69) is 19.2 Å². The summed E-state index contributed by atoms with van der Waals surface area (Å²) in [4.78, 5) is 34.8. The fourth-order valence-electron chi connectivity index (χ4n) is 3.15. The Hall–Kier alpha value is -2.15. The molecule has 8 heteroatoms. The molecule has 142 valence electrons. The van der Waals surface area contributed by atoms with Crippen molar-refractivity contribution in [3.63, 3.8) is 0 Å². The molecule has 7 nitrogen and oxygen atoms in total. The van der Waals surface area contributed by atoms with Gasteiger partial charge in [-0.2, -0.15) is 0 Å². The van der Waals surface area contributed by atoms with Crippen molar-refractivity contribution in [2.24, 2.45) is 11.8 Å². The van der Waals surface area contributed by atoms with Gasteiger partial charge in [-0.05, 0) is 31.2 Å². The van der Waals surface area contributed by atoms with Crippen molar-refractivity contribution in [2.75, 3.05) is 0 Å². The van der Waals surface area contributed by atoms with Crippen molar-refractivity contribution in [3.8, 4) is 0 Å². The molecule has 1 aliphatic rings. The van der Waals surface area contributed by atoms with Crippen molar-refractivity contribution < 1.29 is 19.2 Å². The predicted molar refractivity (Wildman–Crippen MR) is 97.1 cm³/mol. The molecule has 0 unspecified atom stereocenters. The number of nitrogens with one attached hydrogen (secondary N) is 1. The van der Waals surface area contributed by atoms with E-state index in [-0.39, 0.29) is 28.2 Å². The summed E-state index contributed by atoms with van der Waals surface area (Å²) >= 11 is 5.93. The summed E-state index contributed by atoms with van der Waals surface area (Å²) in [6.45, 7) is 5.74. The van der Waals surface area contributed by atoms with Gasteiger partial charge in [0.15, 0.2) is 6.10 Å². The van der Waals surface area contributed by atoms with Crippen LogP contribution in [0.2, 0.25) is 5.02 Å². The fraction of sp³-hybridized carbons (Fsp3) is 0.556. The molecule has 0 spiro atoms. The highest BCUT2D eigenvalue weighted by atomic mass is 35.5. The fourth-order valence-corrected chi connectivity index (χ4v) is 3.34. The Kier molecular flexibility index (Phi) is 6.58. The SMILES string of the molecule is C[C@H]1[C@@H](NC(=O)[C@@H](C)OC(=O)c2cc([N+](=O)[O-])ccc2Cl)CCC[C@@H]1C. The lowest BCUT2D eigenvalue weighted by Crippen LogP contribution is -2.47. The van der Waals surface area contributed by atoms with Gasteiger partial charge in [0.05, 0.1) is 15.5 Å². The largest absolute Gasteiger partial charge is 0.449 e. The first-order chi connectivity index (χ1) is 12.2. The first-order valence-electron chi connectivity index (χ1n) is 8.66. The molecule has 0 aliphatic heterocycles. The Balaban J connectivity index is 2.01. The van der Waals surface area contributed by atoms with E-state index < -0.39 is 17.0 Å². The van der Waals surface area contributed by atoms with E-state index in [9.17, 15) is 19.7 Å². The summed E-state index contributed by atoms with van der Waals surface area (Å²) in [5.74, 6) is -0.380. The third-order valence-electron chi connectivity index (χ3n) is 5.07. The highest BCUT2D eigenvalue weighted by Crippen LogP contribution is 2.29. The molecule has 1 aromatic carbocycles. The molecule has 26 heavy (non-hydrogen) atoms. The Labute approximate surface area is 157 Å². The summed E-state index contributed by atoms with van der Waals surface area (Å²) < 4.78 is 5.16. The van der Waals surface area contributed by atoms with Crippen molar-refractivity contribution in [1.29, 1.82) is 0 Å². The molecule has 1 fully saturated rings. The van der Waals surface area contributed by atoms with E-state index in [0.29, 0.717) is 11.8 Å².